The molecule has 0 aliphatic rings. The van der Waals surface area contributed by atoms with E-state index in [4.69, 9.17) is 9.97 Å². The van der Waals surface area contributed by atoms with Crippen LogP contribution in [0.2, 0.25) is 0 Å². The number of halogens is 3. The van der Waals surface area contributed by atoms with Gasteiger partial charge in [-0.05, 0) is 221 Å². The van der Waals surface area contributed by atoms with Gasteiger partial charge in [0.25, 0.3) is 0 Å². The number of fused-ring (bicyclic) bond motifs is 15. The van der Waals surface area contributed by atoms with Crippen molar-refractivity contribution in [2.45, 2.75) is 6.92 Å². The van der Waals surface area contributed by atoms with Crippen molar-refractivity contribution in [3.8, 4) is 78.7 Å². The van der Waals surface area contributed by atoms with Crippen molar-refractivity contribution in [2.24, 2.45) is 0 Å². The Morgan fingerprint density at radius 1 is 0.254 bits per heavy atom. The molecular weight excluding hydrogens is 1640 g/mol. The molecule has 9 heteroatoms. The van der Waals surface area contributed by atoms with Gasteiger partial charge in [0.1, 0.15) is 0 Å². The van der Waals surface area contributed by atoms with Crippen LogP contribution in [0.25, 0.3) is 187 Å². The van der Waals surface area contributed by atoms with E-state index in [0.29, 0.717) is 0 Å². The molecule has 18 aromatic carbocycles. The molecule has 0 saturated carbocycles. The fourth-order valence-electron chi connectivity index (χ4n) is 16.7. The fourth-order valence-corrected chi connectivity index (χ4v) is 17.9. The third-order valence-corrected chi connectivity index (χ3v) is 23.6. The highest BCUT2D eigenvalue weighted by molar-refractivity contribution is 9.11. The normalized spacial score (nSPS) is 11.3. The first kappa shape index (κ1) is 74.3. The number of Topliss-reactive ketones (excluding diaryl/α,β-unsaturated/α-hetero) is 1. The predicted molar refractivity (Wildman–Crippen MR) is 506 cm³/mol. The Bertz CT molecular complexity index is 7360. The zero-order chi connectivity index (χ0) is 79.7. The molecule has 4 aromatic heterocycles. The second-order valence-corrected chi connectivity index (χ2v) is 32.2. The molecule has 0 radical (unpaired) electrons. The van der Waals surface area contributed by atoms with Gasteiger partial charge >= 0.3 is 0 Å². The van der Waals surface area contributed by atoms with Gasteiger partial charge < -0.3 is 9.13 Å². The number of pyridine rings is 2. The number of benzene rings is 18. The third kappa shape index (κ3) is 14.6. The SMILES string of the molecule is Brc1cccc(-c2cc(-c3cc4ccccc4c4ccccc34)cc(-c3cccc(Br)c3)n2)c1.CC(=O)c1cccc(Br)c1.O=Cc1cc2ccccc2c2ccccc12.c1cc(-c2cc(-c3cc4ccccc4c4ccccc34)cc(-c3cccc(-n4c5ccccc5c5ccccc54)c3)n2)cc(-n2c3ccccc3c3ccccc32)c1. The summed E-state index contributed by atoms with van der Waals surface area (Å²) >= 11 is 10.5. The minimum Gasteiger partial charge on any atom is -0.309 e. The summed E-state index contributed by atoms with van der Waals surface area (Å²) < 4.78 is 7.78. The van der Waals surface area contributed by atoms with Gasteiger partial charge in [0, 0.05) is 79.7 Å². The topological polar surface area (TPSA) is 69.8 Å². The van der Waals surface area contributed by atoms with Crippen molar-refractivity contribution in [2.75, 3.05) is 0 Å². The number of carbonyl (C=O) groups is 2. The van der Waals surface area contributed by atoms with Crippen LogP contribution in [-0.4, -0.2) is 31.2 Å². The van der Waals surface area contributed by atoms with Crippen LogP contribution >= 0.6 is 47.8 Å². The molecule has 22 rings (SSSR count). The quantitative estimate of drug-likeness (QED) is 0.0777. The highest BCUT2D eigenvalue weighted by atomic mass is 79.9. The molecule has 0 saturated heterocycles. The van der Waals surface area contributed by atoms with Crippen LogP contribution in [0, 0.1) is 0 Å². The zero-order valence-corrected chi connectivity index (χ0v) is 68.8. The molecule has 0 aliphatic heterocycles. The Labute approximate surface area is 707 Å². The monoisotopic (exact) mass is 1700 g/mol. The summed E-state index contributed by atoms with van der Waals surface area (Å²) in [7, 11) is 0. The van der Waals surface area contributed by atoms with E-state index in [9.17, 15) is 9.59 Å². The van der Waals surface area contributed by atoms with E-state index in [1.54, 1.807) is 13.0 Å². The van der Waals surface area contributed by atoms with Gasteiger partial charge in [-0.3, -0.25) is 9.59 Å². The van der Waals surface area contributed by atoms with E-state index < -0.39 is 0 Å². The lowest BCUT2D eigenvalue weighted by atomic mass is 9.92. The van der Waals surface area contributed by atoms with Crippen molar-refractivity contribution in [3.05, 3.63) is 431 Å². The molecule has 0 unspecified atom stereocenters. The van der Waals surface area contributed by atoms with E-state index >= 15 is 0 Å². The average Bonchev–Trinajstić information content (AvgIpc) is 1.72. The van der Waals surface area contributed by atoms with Gasteiger partial charge in [-0.15, -0.1) is 0 Å². The molecule has 0 spiro atoms. The van der Waals surface area contributed by atoms with Gasteiger partial charge in [0.05, 0.1) is 44.8 Å². The van der Waals surface area contributed by atoms with Crippen LogP contribution < -0.4 is 0 Å². The highest BCUT2D eigenvalue weighted by Gasteiger charge is 2.20. The van der Waals surface area contributed by atoms with Crippen LogP contribution in [0.1, 0.15) is 27.6 Å². The van der Waals surface area contributed by atoms with Gasteiger partial charge in [0.2, 0.25) is 0 Å². The average molecular weight is 1710 g/mol. The molecule has 0 atom stereocenters. The molecule has 4 heterocycles. The van der Waals surface area contributed by atoms with E-state index in [1.807, 2.05) is 72.8 Å². The van der Waals surface area contributed by atoms with Crippen molar-refractivity contribution in [1.29, 1.82) is 0 Å². The smallest absolute Gasteiger partial charge is 0.159 e. The summed E-state index contributed by atoms with van der Waals surface area (Å²) in [5.41, 5.74) is 21.2. The number of hydrogen-bond donors (Lipinski definition) is 0. The molecular formula is C109H71Br3N4O2. The van der Waals surface area contributed by atoms with Crippen molar-refractivity contribution in [3.63, 3.8) is 0 Å². The number of rotatable bonds is 10. The maximum absolute atomic E-state index is 11.1. The van der Waals surface area contributed by atoms with E-state index in [-0.39, 0.29) is 5.78 Å². The van der Waals surface area contributed by atoms with Crippen LogP contribution in [0.15, 0.2) is 420 Å². The molecule has 0 aliphatic carbocycles. The Balaban J connectivity index is 0.000000128. The van der Waals surface area contributed by atoms with Crippen LogP contribution in [0.5, 0.6) is 0 Å². The predicted octanol–water partition coefficient (Wildman–Crippen LogP) is 31.0. The molecule has 0 N–H and O–H groups in total. The van der Waals surface area contributed by atoms with Gasteiger partial charge in [-0.25, -0.2) is 9.97 Å². The van der Waals surface area contributed by atoms with Crippen molar-refractivity contribution in [1.82, 2.24) is 19.1 Å². The highest BCUT2D eigenvalue weighted by Crippen LogP contribution is 2.43. The number of hydrogen-bond acceptors (Lipinski definition) is 4. The molecule has 6 nitrogen and oxygen atoms in total. The molecule has 0 bridgehead atoms. The Morgan fingerprint density at radius 2 is 0.542 bits per heavy atom. The molecule has 118 heavy (non-hydrogen) atoms. The summed E-state index contributed by atoms with van der Waals surface area (Å²) in [6, 6.07) is 143. The maximum Gasteiger partial charge on any atom is 0.159 e. The van der Waals surface area contributed by atoms with E-state index in [1.165, 1.54) is 103 Å². The first-order valence-corrected chi connectivity index (χ1v) is 41.6. The summed E-state index contributed by atoms with van der Waals surface area (Å²) in [5.74, 6) is 0.0984. The molecule has 560 valence electrons. The van der Waals surface area contributed by atoms with Crippen molar-refractivity contribution >= 4 is 168 Å². The van der Waals surface area contributed by atoms with Gasteiger partial charge in [-0.1, -0.05) is 327 Å². The summed E-state index contributed by atoms with van der Waals surface area (Å²) in [4.78, 5) is 32.4. The number of carbonyl (C=O) groups excluding carboxylic acids is 2. The lowest BCUT2D eigenvalue weighted by Crippen LogP contribution is -1.97. The second kappa shape index (κ2) is 32.5. The van der Waals surface area contributed by atoms with Crippen LogP contribution in [-0.2, 0) is 0 Å². The maximum atomic E-state index is 11.1. The minimum absolute atomic E-state index is 0.0984. The van der Waals surface area contributed by atoms with E-state index in [2.05, 4.69) is 385 Å². The van der Waals surface area contributed by atoms with Crippen LogP contribution in [0.4, 0.5) is 0 Å². The second-order valence-electron chi connectivity index (χ2n) is 29.4. The number of aromatic nitrogens is 4. The number of nitrogens with zero attached hydrogens (tertiary/aromatic N) is 4. The first-order chi connectivity index (χ1) is 58.0. The zero-order valence-electron chi connectivity index (χ0n) is 64.0. The summed E-state index contributed by atoms with van der Waals surface area (Å²) in [6.07, 6.45) is 0.925. The number of ketones is 1. The lowest BCUT2D eigenvalue weighted by molar-refractivity contribution is 0.101. The molecule has 22 aromatic rings. The number of para-hydroxylation sites is 4. The van der Waals surface area contributed by atoms with Gasteiger partial charge in [0.15, 0.2) is 12.1 Å². The Kier molecular flexibility index (Phi) is 20.4. The minimum atomic E-state index is 0.0984. The summed E-state index contributed by atoms with van der Waals surface area (Å²) in [6.45, 7) is 1.56. The standard InChI is InChI=1S/C55H35N3.C31H19Br2N.C15H10O.C8H7BrO/c1-2-20-42-36(15-1)33-49(44-22-4-3-21-43(42)44)39-34-50(37-16-13-18-40(31-37)57-52-27-9-5-23-45(52)46-24-6-10-28-53(46)57)56-51(35-39)38-17-14-19-41(32-38)58-54-29-11-7-25-47(54)48-26-8-12-30-55(48)58;32-24-10-5-8-21(15-24)30-18-23(19-31(34-30)22-9-6-11-25(33)16-22)29-17-20-7-1-2-12-26(20)27-13-3-4-14-28(27)29;16-10-12-9-11-5-1-2-6-13(11)15-8-4-3-7-14(12)15;1-6(10)7-3-2-4-8(9)5-7/h1-35H;1-19H;1-10H;2-5H,1H3. The molecule has 0 amide bonds. The Morgan fingerprint density at radius 3 is 0.890 bits per heavy atom. The first-order valence-electron chi connectivity index (χ1n) is 39.2. The lowest BCUT2D eigenvalue weighted by Gasteiger charge is -2.16. The van der Waals surface area contributed by atoms with Crippen LogP contribution in [0.3, 0.4) is 0 Å². The van der Waals surface area contributed by atoms with Gasteiger partial charge in [-0.2, -0.15) is 0 Å². The largest absolute Gasteiger partial charge is 0.309 e. The third-order valence-electron chi connectivity index (χ3n) is 22.2. The molecule has 0 fully saturated rings. The Hall–Kier alpha value is -13.8. The van der Waals surface area contributed by atoms with Crippen molar-refractivity contribution < 1.29 is 9.59 Å². The summed E-state index contributed by atoms with van der Waals surface area (Å²) in [5, 5.41) is 19.4. The fraction of sp³-hybridized carbons (Fsp3) is 0.00917. The number of aldehydes is 1. The van der Waals surface area contributed by atoms with E-state index in [0.717, 1.165) is 115 Å².